The highest BCUT2D eigenvalue weighted by Crippen LogP contribution is 2.30. The Balaban J connectivity index is 2.25. The van der Waals surface area contributed by atoms with Crippen LogP contribution < -0.4 is 0 Å². The Kier molecular flexibility index (Phi) is 2.34. The molecule has 1 aliphatic rings. The van der Waals surface area contributed by atoms with Gasteiger partial charge in [-0.25, -0.2) is 0 Å². The van der Waals surface area contributed by atoms with E-state index < -0.39 is 0 Å². The first-order valence-electron chi connectivity index (χ1n) is 4.72. The van der Waals surface area contributed by atoms with E-state index in [9.17, 15) is 5.11 Å². The Morgan fingerprint density at radius 3 is 2.54 bits per heavy atom. The number of nitrogens with zero attached hydrogens (tertiary/aromatic N) is 1. The van der Waals surface area contributed by atoms with Crippen molar-refractivity contribution in [2.24, 2.45) is 0 Å². The van der Waals surface area contributed by atoms with Gasteiger partial charge in [0.25, 0.3) is 0 Å². The van der Waals surface area contributed by atoms with Crippen LogP contribution in [0.15, 0.2) is 30.3 Å². The number of aliphatic hydroxyl groups is 1. The fourth-order valence-electron chi connectivity index (χ4n) is 2.05. The highest BCUT2D eigenvalue weighted by Gasteiger charge is 2.30. The van der Waals surface area contributed by atoms with Crippen LogP contribution in [-0.2, 0) is 0 Å². The number of likely N-dealkylation sites (tertiary alicyclic amines) is 1. The highest BCUT2D eigenvalue weighted by atomic mass is 16.3. The fraction of sp³-hybridized carbons (Fsp3) is 0.455. The van der Waals surface area contributed by atoms with Gasteiger partial charge in [-0.05, 0) is 19.0 Å². The molecule has 1 fully saturated rings. The summed E-state index contributed by atoms with van der Waals surface area (Å²) in [6.45, 7) is 0.987. The minimum absolute atomic E-state index is 0.196. The average molecular weight is 177 g/mol. The molecule has 0 bridgehead atoms. The van der Waals surface area contributed by atoms with Crippen LogP contribution in [0.2, 0.25) is 0 Å². The molecule has 0 saturated carbocycles. The number of hydrogen-bond donors (Lipinski definition) is 1. The van der Waals surface area contributed by atoms with Crippen LogP contribution in [0.25, 0.3) is 0 Å². The second-order valence-electron chi connectivity index (χ2n) is 3.69. The molecular weight excluding hydrogens is 162 g/mol. The zero-order valence-corrected chi connectivity index (χ0v) is 7.85. The van der Waals surface area contributed by atoms with Crippen LogP contribution in [0.3, 0.4) is 0 Å². The summed E-state index contributed by atoms with van der Waals surface area (Å²) in [4.78, 5) is 2.21. The summed E-state index contributed by atoms with van der Waals surface area (Å²) >= 11 is 0. The van der Waals surface area contributed by atoms with Crippen molar-refractivity contribution >= 4 is 0 Å². The van der Waals surface area contributed by atoms with E-state index in [1.807, 2.05) is 18.2 Å². The molecule has 2 unspecified atom stereocenters. The van der Waals surface area contributed by atoms with Gasteiger partial charge in [0, 0.05) is 6.54 Å². The van der Waals surface area contributed by atoms with Crippen molar-refractivity contribution in [2.75, 3.05) is 13.6 Å². The molecule has 0 amide bonds. The number of rotatable bonds is 1. The van der Waals surface area contributed by atoms with Crippen LogP contribution in [0.4, 0.5) is 0 Å². The van der Waals surface area contributed by atoms with E-state index in [1.165, 1.54) is 5.56 Å². The van der Waals surface area contributed by atoms with Crippen LogP contribution in [0, 0.1) is 0 Å². The highest BCUT2D eigenvalue weighted by molar-refractivity contribution is 5.21. The van der Waals surface area contributed by atoms with Gasteiger partial charge in [0.2, 0.25) is 0 Å². The van der Waals surface area contributed by atoms with Crippen LogP contribution >= 0.6 is 0 Å². The summed E-state index contributed by atoms with van der Waals surface area (Å²) in [6, 6.07) is 10.4. The SMILES string of the molecule is CN1CCC(O)C1c1ccccc1. The zero-order valence-electron chi connectivity index (χ0n) is 7.85. The van der Waals surface area contributed by atoms with Crippen molar-refractivity contribution in [3.8, 4) is 0 Å². The molecule has 1 aromatic rings. The third-order valence-electron chi connectivity index (χ3n) is 2.76. The molecule has 1 saturated heterocycles. The zero-order chi connectivity index (χ0) is 9.26. The second kappa shape index (κ2) is 3.48. The van der Waals surface area contributed by atoms with Crippen molar-refractivity contribution in [2.45, 2.75) is 18.6 Å². The third-order valence-corrected chi connectivity index (χ3v) is 2.76. The van der Waals surface area contributed by atoms with Crippen LogP contribution in [-0.4, -0.2) is 29.7 Å². The average Bonchev–Trinajstić information content (AvgIpc) is 2.48. The van der Waals surface area contributed by atoms with Crippen LogP contribution in [0.1, 0.15) is 18.0 Å². The molecular formula is C11H15NO. The summed E-state index contributed by atoms with van der Waals surface area (Å²) in [5.41, 5.74) is 1.22. The van der Waals surface area contributed by atoms with Gasteiger partial charge in [0.05, 0.1) is 12.1 Å². The van der Waals surface area contributed by atoms with Gasteiger partial charge in [0.1, 0.15) is 0 Å². The number of likely N-dealkylation sites (N-methyl/N-ethyl adjacent to an activating group) is 1. The normalized spacial score (nSPS) is 29.4. The van der Waals surface area contributed by atoms with E-state index in [-0.39, 0.29) is 12.1 Å². The summed E-state index contributed by atoms with van der Waals surface area (Å²) in [5, 5.41) is 9.77. The van der Waals surface area contributed by atoms with E-state index in [0.29, 0.717) is 0 Å². The third kappa shape index (κ3) is 1.60. The summed E-state index contributed by atoms with van der Waals surface area (Å²) in [7, 11) is 2.06. The molecule has 13 heavy (non-hydrogen) atoms. The molecule has 0 radical (unpaired) electrons. The standard InChI is InChI=1S/C11H15NO/c1-12-8-7-10(13)11(12)9-5-3-2-4-6-9/h2-6,10-11,13H,7-8H2,1H3. The fourth-order valence-corrected chi connectivity index (χ4v) is 2.05. The molecule has 2 heteroatoms. The molecule has 0 aliphatic carbocycles. The quantitative estimate of drug-likeness (QED) is 0.701. The Morgan fingerprint density at radius 2 is 2.00 bits per heavy atom. The van der Waals surface area contributed by atoms with Crippen molar-refractivity contribution in [1.82, 2.24) is 4.90 Å². The Labute approximate surface area is 78.8 Å². The lowest BCUT2D eigenvalue weighted by atomic mass is 10.0. The number of aliphatic hydroxyl groups excluding tert-OH is 1. The van der Waals surface area contributed by atoms with E-state index in [4.69, 9.17) is 0 Å². The van der Waals surface area contributed by atoms with Gasteiger partial charge in [-0.1, -0.05) is 30.3 Å². The monoisotopic (exact) mass is 177 g/mol. The van der Waals surface area contributed by atoms with E-state index in [1.54, 1.807) is 0 Å². The molecule has 2 atom stereocenters. The molecule has 1 N–H and O–H groups in total. The molecule has 2 nitrogen and oxygen atoms in total. The van der Waals surface area contributed by atoms with E-state index in [0.717, 1.165) is 13.0 Å². The lowest BCUT2D eigenvalue weighted by Crippen LogP contribution is -2.23. The van der Waals surface area contributed by atoms with Gasteiger partial charge < -0.3 is 5.11 Å². The van der Waals surface area contributed by atoms with Gasteiger partial charge in [-0.2, -0.15) is 0 Å². The molecule has 1 aliphatic heterocycles. The Morgan fingerprint density at radius 1 is 1.31 bits per heavy atom. The topological polar surface area (TPSA) is 23.5 Å². The summed E-state index contributed by atoms with van der Waals surface area (Å²) in [6.07, 6.45) is 0.683. The molecule has 0 spiro atoms. The molecule has 0 aromatic heterocycles. The predicted octanol–water partition coefficient (Wildman–Crippen LogP) is 1.42. The van der Waals surface area contributed by atoms with E-state index >= 15 is 0 Å². The van der Waals surface area contributed by atoms with Crippen molar-refractivity contribution in [3.05, 3.63) is 35.9 Å². The van der Waals surface area contributed by atoms with Gasteiger partial charge >= 0.3 is 0 Å². The van der Waals surface area contributed by atoms with Crippen LogP contribution in [0.5, 0.6) is 0 Å². The minimum Gasteiger partial charge on any atom is -0.391 e. The number of hydrogen-bond acceptors (Lipinski definition) is 2. The maximum atomic E-state index is 9.77. The Hall–Kier alpha value is -0.860. The smallest absolute Gasteiger partial charge is 0.0749 e. The first-order chi connectivity index (χ1) is 6.29. The van der Waals surface area contributed by atoms with Crippen molar-refractivity contribution < 1.29 is 5.11 Å². The first kappa shape index (κ1) is 8.73. The molecule has 70 valence electrons. The maximum Gasteiger partial charge on any atom is 0.0749 e. The summed E-state index contributed by atoms with van der Waals surface area (Å²) < 4.78 is 0. The second-order valence-corrected chi connectivity index (χ2v) is 3.69. The van der Waals surface area contributed by atoms with Crippen molar-refractivity contribution in [3.63, 3.8) is 0 Å². The molecule has 1 aromatic carbocycles. The van der Waals surface area contributed by atoms with Crippen molar-refractivity contribution in [1.29, 1.82) is 0 Å². The lowest BCUT2D eigenvalue weighted by molar-refractivity contribution is 0.127. The largest absolute Gasteiger partial charge is 0.391 e. The first-order valence-corrected chi connectivity index (χ1v) is 4.72. The Bertz CT molecular complexity index is 263. The molecule has 2 rings (SSSR count). The maximum absolute atomic E-state index is 9.77. The summed E-state index contributed by atoms with van der Waals surface area (Å²) in [5.74, 6) is 0. The lowest BCUT2D eigenvalue weighted by Gasteiger charge is -2.22. The number of benzene rings is 1. The van der Waals surface area contributed by atoms with Gasteiger partial charge in [-0.15, -0.1) is 0 Å². The van der Waals surface area contributed by atoms with Gasteiger partial charge in [0.15, 0.2) is 0 Å². The molecule has 1 heterocycles. The minimum atomic E-state index is -0.201. The van der Waals surface area contributed by atoms with E-state index in [2.05, 4.69) is 24.1 Å². The predicted molar refractivity (Wildman–Crippen MR) is 52.4 cm³/mol. The van der Waals surface area contributed by atoms with Gasteiger partial charge in [-0.3, -0.25) is 4.90 Å².